The van der Waals surface area contributed by atoms with Gasteiger partial charge in [-0.05, 0) is 43.9 Å². The van der Waals surface area contributed by atoms with Gasteiger partial charge in [-0.2, -0.15) is 0 Å². The molecule has 2 N–H and O–H groups in total. The molecule has 0 unspecified atom stereocenters. The molecule has 26 heavy (non-hydrogen) atoms. The highest BCUT2D eigenvalue weighted by Gasteiger charge is 2.24. The van der Waals surface area contributed by atoms with Crippen LogP contribution >= 0.6 is 24.8 Å². The predicted molar refractivity (Wildman–Crippen MR) is 106 cm³/mol. The molecule has 0 aromatic carbocycles. The largest absolute Gasteiger partial charge is 0.461 e. The van der Waals surface area contributed by atoms with Crippen molar-refractivity contribution >= 4 is 24.8 Å². The van der Waals surface area contributed by atoms with Crippen LogP contribution in [-0.2, 0) is 0 Å². The number of halogens is 2. The van der Waals surface area contributed by atoms with Crippen molar-refractivity contribution in [1.82, 2.24) is 19.5 Å². The highest BCUT2D eigenvalue weighted by atomic mass is 35.5. The summed E-state index contributed by atoms with van der Waals surface area (Å²) < 4.78 is 7.59. The maximum Gasteiger partial charge on any atom is 0.195 e. The highest BCUT2D eigenvalue weighted by Crippen LogP contribution is 2.34. The Bertz CT molecular complexity index is 788. The summed E-state index contributed by atoms with van der Waals surface area (Å²) in [6.07, 6.45) is 13.9. The van der Waals surface area contributed by atoms with E-state index in [1.807, 2.05) is 30.7 Å². The standard InChI is InChI=1S/C18H21N5O.2ClH/c19-10-13-3-1-4-15(9-13)23-7-6-20-18(23)14-11-21-17(22-12-14)16-5-2-8-24-16;;/h2,5-8,11-13,15H,1,3-4,9-10,19H2;2*1H/t13-,15+;;/m0../s1. The Morgan fingerprint density at radius 1 is 1.15 bits per heavy atom. The molecule has 4 rings (SSSR count). The monoisotopic (exact) mass is 395 g/mol. The van der Waals surface area contributed by atoms with Crippen molar-refractivity contribution in [1.29, 1.82) is 0 Å². The lowest BCUT2D eigenvalue weighted by molar-refractivity contribution is 0.273. The first-order chi connectivity index (χ1) is 11.8. The summed E-state index contributed by atoms with van der Waals surface area (Å²) in [5.74, 6) is 2.78. The van der Waals surface area contributed by atoms with Crippen molar-refractivity contribution in [2.75, 3.05) is 6.54 Å². The highest BCUT2D eigenvalue weighted by molar-refractivity contribution is 5.85. The number of hydrogen-bond donors (Lipinski definition) is 1. The van der Waals surface area contributed by atoms with Gasteiger partial charge in [-0.25, -0.2) is 15.0 Å². The van der Waals surface area contributed by atoms with Crippen LogP contribution in [0.15, 0.2) is 47.6 Å². The van der Waals surface area contributed by atoms with Crippen LogP contribution in [0.4, 0.5) is 0 Å². The fraction of sp³-hybridized carbons (Fsp3) is 0.389. The quantitative estimate of drug-likeness (QED) is 0.717. The van der Waals surface area contributed by atoms with E-state index in [4.69, 9.17) is 10.2 Å². The Kier molecular flexibility index (Phi) is 7.20. The van der Waals surface area contributed by atoms with Crippen LogP contribution in [0.3, 0.4) is 0 Å². The second-order valence-corrected chi connectivity index (χ2v) is 6.35. The molecule has 1 aliphatic rings. The van der Waals surface area contributed by atoms with Gasteiger partial charge in [0.05, 0.1) is 11.8 Å². The number of aromatic nitrogens is 4. The molecule has 1 fully saturated rings. The summed E-state index contributed by atoms with van der Waals surface area (Å²) in [5.41, 5.74) is 6.80. The van der Waals surface area contributed by atoms with E-state index >= 15 is 0 Å². The van der Waals surface area contributed by atoms with Crippen molar-refractivity contribution in [2.24, 2.45) is 11.7 Å². The second-order valence-electron chi connectivity index (χ2n) is 6.35. The minimum Gasteiger partial charge on any atom is -0.461 e. The minimum atomic E-state index is 0. The second kappa shape index (κ2) is 9.16. The lowest BCUT2D eigenvalue weighted by Crippen LogP contribution is -2.24. The van der Waals surface area contributed by atoms with E-state index in [0.29, 0.717) is 23.5 Å². The molecule has 0 radical (unpaired) electrons. The third kappa shape index (κ3) is 4.09. The third-order valence-electron chi connectivity index (χ3n) is 4.80. The summed E-state index contributed by atoms with van der Waals surface area (Å²) in [6.45, 7) is 0.765. The van der Waals surface area contributed by atoms with Gasteiger partial charge in [0.25, 0.3) is 0 Å². The minimum absolute atomic E-state index is 0. The first kappa shape index (κ1) is 20.4. The summed E-state index contributed by atoms with van der Waals surface area (Å²) in [7, 11) is 0. The van der Waals surface area contributed by atoms with Gasteiger partial charge in [0.2, 0.25) is 0 Å². The van der Waals surface area contributed by atoms with Crippen molar-refractivity contribution in [3.8, 4) is 23.0 Å². The van der Waals surface area contributed by atoms with Crippen LogP contribution in [0.25, 0.3) is 23.0 Å². The lowest BCUT2D eigenvalue weighted by atomic mass is 9.85. The van der Waals surface area contributed by atoms with Gasteiger partial charge < -0.3 is 14.7 Å². The number of nitrogens with zero attached hydrogens (tertiary/aromatic N) is 4. The van der Waals surface area contributed by atoms with Crippen LogP contribution in [0.1, 0.15) is 31.7 Å². The number of hydrogen-bond acceptors (Lipinski definition) is 5. The summed E-state index contributed by atoms with van der Waals surface area (Å²) in [5, 5.41) is 0. The van der Waals surface area contributed by atoms with Gasteiger partial charge in [0, 0.05) is 30.8 Å². The van der Waals surface area contributed by atoms with Gasteiger partial charge in [0.1, 0.15) is 5.82 Å². The van der Waals surface area contributed by atoms with Gasteiger partial charge >= 0.3 is 0 Å². The molecule has 140 valence electrons. The maximum atomic E-state index is 5.88. The average Bonchev–Trinajstić information content (AvgIpc) is 3.33. The van der Waals surface area contributed by atoms with Crippen LogP contribution in [0.2, 0.25) is 0 Å². The van der Waals surface area contributed by atoms with Gasteiger partial charge in [-0.3, -0.25) is 0 Å². The summed E-state index contributed by atoms with van der Waals surface area (Å²) in [4.78, 5) is 13.4. The van der Waals surface area contributed by atoms with Crippen molar-refractivity contribution in [2.45, 2.75) is 31.7 Å². The molecule has 3 heterocycles. The average molecular weight is 396 g/mol. The number of imidazole rings is 1. The van der Waals surface area contributed by atoms with E-state index in [1.54, 1.807) is 6.26 Å². The zero-order valence-electron chi connectivity index (χ0n) is 14.3. The normalized spacial score (nSPS) is 19.4. The Morgan fingerprint density at radius 2 is 1.96 bits per heavy atom. The number of furan rings is 1. The van der Waals surface area contributed by atoms with E-state index in [1.165, 1.54) is 19.3 Å². The van der Waals surface area contributed by atoms with E-state index < -0.39 is 0 Å². The molecule has 1 saturated carbocycles. The van der Waals surface area contributed by atoms with E-state index in [0.717, 1.165) is 24.4 Å². The van der Waals surface area contributed by atoms with Crippen LogP contribution in [0, 0.1) is 5.92 Å². The van der Waals surface area contributed by atoms with Crippen molar-refractivity contribution in [3.05, 3.63) is 43.2 Å². The molecule has 0 spiro atoms. The molecule has 1 aliphatic carbocycles. The zero-order chi connectivity index (χ0) is 16.4. The molecule has 6 nitrogen and oxygen atoms in total. The van der Waals surface area contributed by atoms with Crippen LogP contribution < -0.4 is 5.73 Å². The van der Waals surface area contributed by atoms with E-state index in [2.05, 4.69) is 25.7 Å². The third-order valence-corrected chi connectivity index (χ3v) is 4.80. The van der Waals surface area contributed by atoms with E-state index in [9.17, 15) is 0 Å². The van der Waals surface area contributed by atoms with Crippen molar-refractivity contribution < 1.29 is 4.42 Å². The Morgan fingerprint density at radius 3 is 2.65 bits per heavy atom. The predicted octanol–water partition coefficient (Wildman–Crippen LogP) is 4.13. The van der Waals surface area contributed by atoms with Gasteiger partial charge in [0.15, 0.2) is 11.6 Å². The SMILES string of the molecule is Cl.Cl.NC[C@H]1CCC[C@@H](n2ccnc2-c2cnc(-c3ccco3)nc2)C1. The number of nitrogens with two attached hydrogens (primary N) is 1. The fourth-order valence-corrected chi connectivity index (χ4v) is 3.54. The van der Waals surface area contributed by atoms with Crippen LogP contribution in [0.5, 0.6) is 0 Å². The molecule has 0 amide bonds. The molecule has 3 aromatic heterocycles. The van der Waals surface area contributed by atoms with Crippen molar-refractivity contribution in [3.63, 3.8) is 0 Å². The smallest absolute Gasteiger partial charge is 0.195 e. The van der Waals surface area contributed by atoms with Gasteiger partial charge in [-0.15, -0.1) is 24.8 Å². The molecule has 8 heteroatoms. The van der Waals surface area contributed by atoms with Gasteiger partial charge in [-0.1, -0.05) is 6.42 Å². The molecular weight excluding hydrogens is 373 g/mol. The molecule has 0 saturated heterocycles. The fourth-order valence-electron chi connectivity index (χ4n) is 3.54. The lowest BCUT2D eigenvalue weighted by Gasteiger charge is -2.30. The summed E-state index contributed by atoms with van der Waals surface area (Å²) >= 11 is 0. The first-order valence-electron chi connectivity index (χ1n) is 8.44. The Labute approximate surface area is 165 Å². The molecule has 0 bridgehead atoms. The number of rotatable bonds is 4. The molecule has 3 aromatic rings. The topological polar surface area (TPSA) is 82.8 Å². The van der Waals surface area contributed by atoms with Crippen LogP contribution in [-0.4, -0.2) is 26.1 Å². The zero-order valence-corrected chi connectivity index (χ0v) is 16.0. The molecule has 0 aliphatic heterocycles. The summed E-state index contributed by atoms with van der Waals surface area (Å²) in [6, 6.07) is 4.14. The Balaban J connectivity index is 0.00000121. The molecule has 2 atom stereocenters. The maximum absolute atomic E-state index is 5.88. The molecular formula is C18H23Cl2N5O. The Hall–Kier alpha value is -1.89. The first-order valence-corrected chi connectivity index (χ1v) is 8.44. The van der Waals surface area contributed by atoms with E-state index in [-0.39, 0.29) is 24.8 Å².